The Morgan fingerprint density at radius 1 is 1.53 bits per heavy atom. The minimum atomic E-state index is -0.532. The first kappa shape index (κ1) is 13.8. The van der Waals surface area contributed by atoms with E-state index >= 15 is 0 Å². The quantitative estimate of drug-likeness (QED) is 0.853. The maximum absolute atomic E-state index is 13.4. The van der Waals surface area contributed by atoms with Crippen molar-refractivity contribution in [2.45, 2.75) is 26.3 Å². The second-order valence-corrected chi connectivity index (χ2v) is 4.16. The zero-order chi connectivity index (χ0) is 12.8. The molecule has 1 amide bonds. The van der Waals surface area contributed by atoms with Crippen molar-refractivity contribution in [3.05, 3.63) is 29.0 Å². The lowest BCUT2D eigenvalue weighted by Gasteiger charge is -2.16. The van der Waals surface area contributed by atoms with Gasteiger partial charge in [0.1, 0.15) is 11.9 Å². The highest BCUT2D eigenvalue weighted by Crippen LogP contribution is 2.25. The van der Waals surface area contributed by atoms with Crippen molar-refractivity contribution in [3.63, 3.8) is 0 Å². The van der Waals surface area contributed by atoms with Crippen LogP contribution in [0.1, 0.15) is 20.3 Å². The van der Waals surface area contributed by atoms with Gasteiger partial charge in [-0.15, -0.1) is 0 Å². The third kappa shape index (κ3) is 3.89. The molecule has 3 nitrogen and oxygen atoms in total. The Balaban J connectivity index is 2.67. The lowest BCUT2D eigenvalue weighted by molar-refractivity contribution is -0.121. The van der Waals surface area contributed by atoms with E-state index in [2.05, 4.69) is 10.6 Å². The molecule has 1 rings (SSSR count). The summed E-state index contributed by atoms with van der Waals surface area (Å²) in [4.78, 5) is 11.6. The monoisotopic (exact) mass is 258 g/mol. The fourth-order valence-electron chi connectivity index (χ4n) is 1.32. The fourth-order valence-corrected chi connectivity index (χ4v) is 1.54. The Morgan fingerprint density at radius 3 is 2.82 bits per heavy atom. The van der Waals surface area contributed by atoms with Crippen LogP contribution in [0.4, 0.5) is 10.1 Å². The maximum Gasteiger partial charge on any atom is 0.242 e. The van der Waals surface area contributed by atoms with Gasteiger partial charge in [-0.05, 0) is 25.5 Å². The number of nitrogens with one attached hydrogen (secondary N) is 2. The minimum Gasteiger partial charge on any atom is -0.370 e. The van der Waals surface area contributed by atoms with Gasteiger partial charge in [-0.1, -0.05) is 24.6 Å². The van der Waals surface area contributed by atoms with E-state index in [9.17, 15) is 9.18 Å². The van der Waals surface area contributed by atoms with E-state index in [1.807, 2.05) is 6.92 Å². The number of para-hydroxylation sites is 1. The second-order valence-electron chi connectivity index (χ2n) is 3.75. The van der Waals surface area contributed by atoms with Gasteiger partial charge in [0.2, 0.25) is 5.91 Å². The third-order valence-corrected chi connectivity index (χ3v) is 2.58. The highest BCUT2D eigenvalue weighted by Gasteiger charge is 2.15. The van der Waals surface area contributed by atoms with Gasteiger partial charge >= 0.3 is 0 Å². The summed E-state index contributed by atoms with van der Waals surface area (Å²) < 4.78 is 13.4. The molecule has 0 aliphatic carbocycles. The van der Waals surface area contributed by atoms with Crippen LogP contribution in [0.3, 0.4) is 0 Å². The Kier molecular flexibility index (Phi) is 5.22. The summed E-state index contributed by atoms with van der Waals surface area (Å²) in [5, 5.41) is 5.76. The van der Waals surface area contributed by atoms with E-state index in [1.54, 1.807) is 13.0 Å². The SMILES string of the molecule is CCCNC(=O)C(C)Nc1c(F)cccc1Cl. The van der Waals surface area contributed by atoms with E-state index in [0.717, 1.165) is 6.42 Å². The summed E-state index contributed by atoms with van der Waals surface area (Å²) >= 11 is 5.85. The molecule has 94 valence electrons. The minimum absolute atomic E-state index is 0.160. The zero-order valence-corrected chi connectivity index (χ0v) is 10.6. The van der Waals surface area contributed by atoms with Crippen LogP contribution in [-0.2, 0) is 4.79 Å². The Hall–Kier alpha value is -1.29. The summed E-state index contributed by atoms with van der Waals surface area (Å²) in [6.07, 6.45) is 0.860. The number of anilines is 1. The molecule has 5 heteroatoms. The molecule has 1 atom stereocenters. The standard InChI is InChI=1S/C12H16ClFN2O/c1-3-7-15-12(17)8(2)16-11-9(13)5-4-6-10(11)14/h4-6,8,16H,3,7H2,1-2H3,(H,15,17). The molecule has 0 bridgehead atoms. The van der Waals surface area contributed by atoms with Gasteiger partial charge in [-0.25, -0.2) is 4.39 Å². The van der Waals surface area contributed by atoms with Crippen LogP contribution in [0, 0.1) is 5.82 Å². The molecular formula is C12H16ClFN2O. The molecule has 1 aromatic carbocycles. The van der Waals surface area contributed by atoms with E-state index < -0.39 is 11.9 Å². The Labute approximate surface area is 105 Å². The molecule has 0 saturated carbocycles. The molecule has 0 fully saturated rings. The number of halogens is 2. The molecule has 0 aliphatic rings. The molecule has 2 N–H and O–H groups in total. The first-order chi connectivity index (χ1) is 8.06. The van der Waals surface area contributed by atoms with Gasteiger partial charge in [0.05, 0.1) is 10.7 Å². The summed E-state index contributed by atoms with van der Waals surface area (Å²) in [7, 11) is 0. The molecule has 17 heavy (non-hydrogen) atoms. The van der Waals surface area contributed by atoms with E-state index in [1.165, 1.54) is 12.1 Å². The normalized spacial score (nSPS) is 12.0. The van der Waals surface area contributed by atoms with E-state index in [0.29, 0.717) is 6.54 Å². The summed E-state index contributed by atoms with van der Waals surface area (Å²) in [5.74, 6) is -0.640. The van der Waals surface area contributed by atoms with Gasteiger partial charge in [-0.2, -0.15) is 0 Å². The number of hydrogen-bond acceptors (Lipinski definition) is 2. The summed E-state index contributed by atoms with van der Waals surface area (Å²) in [6, 6.07) is 3.86. The van der Waals surface area contributed by atoms with Crippen molar-refractivity contribution in [1.29, 1.82) is 0 Å². The van der Waals surface area contributed by atoms with Crippen molar-refractivity contribution in [2.75, 3.05) is 11.9 Å². The van der Waals surface area contributed by atoms with E-state index in [4.69, 9.17) is 11.6 Å². The molecular weight excluding hydrogens is 243 g/mol. The number of rotatable bonds is 5. The molecule has 0 heterocycles. The lowest BCUT2D eigenvalue weighted by atomic mass is 10.2. The lowest BCUT2D eigenvalue weighted by Crippen LogP contribution is -2.38. The maximum atomic E-state index is 13.4. The Morgan fingerprint density at radius 2 is 2.24 bits per heavy atom. The predicted octanol–water partition coefficient (Wildman–Crippen LogP) is 2.81. The molecule has 0 radical (unpaired) electrons. The van der Waals surface area contributed by atoms with E-state index in [-0.39, 0.29) is 16.6 Å². The highest BCUT2D eigenvalue weighted by molar-refractivity contribution is 6.33. The van der Waals surface area contributed by atoms with Gasteiger partial charge in [0, 0.05) is 6.54 Å². The topological polar surface area (TPSA) is 41.1 Å². The largest absolute Gasteiger partial charge is 0.370 e. The van der Waals surface area contributed by atoms with Crippen LogP contribution in [0.25, 0.3) is 0 Å². The highest BCUT2D eigenvalue weighted by atomic mass is 35.5. The number of benzene rings is 1. The average Bonchev–Trinajstić information content (AvgIpc) is 2.30. The molecule has 1 unspecified atom stereocenters. The van der Waals surface area contributed by atoms with Crippen molar-refractivity contribution in [2.24, 2.45) is 0 Å². The van der Waals surface area contributed by atoms with Crippen LogP contribution < -0.4 is 10.6 Å². The van der Waals surface area contributed by atoms with Crippen LogP contribution in [0.5, 0.6) is 0 Å². The van der Waals surface area contributed by atoms with Crippen molar-refractivity contribution in [3.8, 4) is 0 Å². The van der Waals surface area contributed by atoms with Gasteiger partial charge in [-0.3, -0.25) is 4.79 Å². The van der Waals surface area contributed by atoms with Gasteiger partial charge in [0.25, 0.3) is 0 Å². The zero-order valence-electron chi connectivity index (χ0n) is 9.89. The van der Waals surface area contributed by atoms with Gasteiger partial charge in [0.15, 0.2) is 0 Å². The molecule has 0 saturated heterocycles. The second kappa shape index (κ2) is 6.45. The van der Waals surface area contributed by atoms with Crippen molar-refractivity contribution < 1.29 is 9.18 Å². The smallest absolute Gasteiger partial charge is 0.242 e. The van der Waals surface area contributed by atoms with Crippen LogP contribution in [0.2, 0.25) is 5.02 Å². The number of amides is 1. The van der Waals surface area contributed by atoms with Crippen molar-refractivity contribution in [1.82, 2.24) is 5.32 Å². The van der Waals surface area contributed by atoms with Crippen LogP contribution in [-0.4, -0.2) is 18.5 Å². The number of hydrogen-bond donors (Lipinski definition) is 2. The van der Waals surface area contributed by atoms with Crippen molar-refractivity contribution >= 4 is 23.2 Å². The van der Waals surface area contributed by atoms with Crippen LogP contribution >= 0.6 is 11.6 Å². The molecule has 0 aliphatic heterocycles. The first-order valence-electron chi connectivity index (χ1n) is 5.54. The fraction of sp³-hybridized carbons (Fsp3) is 0.417. The number of carbonyl (C=O) groups is 1. The summed E-state index contributed by atoms with van der Waals surface area (Å²) in [5.41, 5.74) is 0.160. The number of carbonyl (C=O) groups excluding carboxylic acids is 1. The molecule has 0 aromatic heterocycles. The first-order valence-corrected chi connectivity index (χ1v) is 5.92. The molecule has 1 aromatic rings. The predicted molar refractivity (Wildman–Crippen MR) is 67.8 cm³/mol. The van der Waals surface area contributed by atoms with Crippen LogP contribution in [0.15, 0.2) is 18.2 Å². The average molecular weight is 259 g/mol. The summed E-state index contributed by atoms with van der Waals surface area (Å²) in [6.45, 7) is 4.23. The molecule has 0 spiro atoms. The Bertz CT molecular complexity index is 378. The van der Waals surface area contributed by atoms with Gasteiger partial charge < -0.3 is 10.6 Å². The third-order valence-electron chi connectivity index (χ3n) is 2.27.